The first kappa shape index (κ1) is 14.1. The lowest BCUT2D eigenvalue weighted by molar-refractivity contribution is 0.178. The second kappa shape index (κ2) is 7.40. The Labute approximate surface area is 97.0 Å². The van der Waals surface area contributed by atoms with Crippen molar-refractivity contribution in [2.75, 3.05) is 6.54 Å². The lowest BCUT2D eigenvalue weighted by Crippen LogP contribution is -2.19. The number of thiol groups is 1. The Morgan fingerprint density at radius 2 is 1.93 bits per heavy atom. The van der Waals surface area contributed by atoms with E-state index in [1.54, 1.807) is 0 Å². The number of hydrogen-bond donors (Lipinski definition) is 2. The zero-order valence-corrected chi connectivity index (χ0v) is 10.4. The van der Waals surface area contributed by atoms with Crippen LogP contribution in [0.4, 0.5) is 4.79 Å². The summed E-state index contributed by atoms with van der Waals surface area (Å²) in [5.41, 5.74) is 2.50. The van der Waals surface area contributed by atoms with E-state index in [1.165, 1.54) is 11.1 Å². The van der Waals surface area contributed by atoms with Crippen molar-refractivity contribution in [3.05, 3.63) is 23.3 Å². The normalized spacial score (nSPS) is 11.1. The molecule has 0 radical (unpaired) electrons. The van der Waals surface area contributed by atoms with Crippen molar-refractivity contribution in [1.82, 2.24) is 4.31 Å². The van der Waals surface area contributed by atoms with Gasteiger partial charge in [0.1, 0.15) is 0 Å². The van der Waals surface area contributed by atoms with Crippen molar-refractivity contribution in [3.8, 4) is 0 Å². The molecule has 86 valence electrons. The van der Waals surface area contributed by atoms with Gasteiger partial charge in [-0.15, -0.1) is 0 Å². The Hall–Kier alpha value is -0.900. The molecule has 15 heavy (non-hydrogen) atoms. The van der Waals surface area contributed by atoms with Crippen LogP contribution in [-0.2, 0) is 0 Å². The molecule has 0 aliphatic rings. The van der Waals surface area contributed by atoms with Gasteiger partial charge >= 0.3 is 6.09 Å². The molecule has 0 saturated carbocycles. The minimum absolute atomic E-state index is 0.332. The van der Waals surface area contributed by atoms with Crippen LogP contribution < -0.4 is 0 Å². The van der Waals surface area contributed by atoms with Crippen LogP contribution in [0.25, 0.3) is 0 Å². The summed E-state index contributed by atoms with van der Waals surface area (Å²) in [6.45, 7) is 6.47. The Balaban J connectivity index is 3.89. The molecule has 0 rings (SSSR count). The van der Waals surface area contributed by atoms with E-state index in [2.05, 4.69) is 32.7 Å². The van der Waals surface area contributed by atoms with Crippen LogP contribution in [0.15, 0.2) is 23.3 Å². The summed E-state index contributed by atoms with van der Waals surface area (Å²) < 4.78 is 0.963. The first-order valence-electron chi connectivity index (χ1n) is 4.91. The summed E-state index contributed by atoms with van der Waals surface area (Å²) in [4.78, 5) is 10.4. The van der Waals surface area contributed by atoms with Crippen molar-refractivity contribution in [2.45, 2.75) is 33.6 Å². The largest absolute Gasteiger partial charge is 0.464 e. The summed E-state index contributed by atoms with van der Waals surface area (Å²) in [6, 6.07) is 0. The van der Waals surface area contributed by atoms with Gasteiger partial charge in [-0.2, -0.15) is 0 Å². The van der Waals surface area contributed by atoms with Crippen LogP contribution in [0.2, 0.25) is 0 Å². The number of carbonyl (C=O) groups is 1. The van der Waals surface area contributed by atoms with Crippen LogP contribution >= 0.6 is 12.8 Å². The lowest BCUT2D eigenvalue weighted by atomic mass is 10.1. The Kier molecular flexibility index (Phi) is 6.96. The fraction of sp³-hybridized carbons (Fsp3) is 0.545. The molecule has 0 unspecified atom stereocenters. The number of rotatable bonds is 5. The third kappa shape index (κ3) is 8.12. The highest BCUT2D eigenvalue weighted by Gasteiger charge is 2.03. The zero-order chi connectivity index (χ0) is 11.8. The number of amides is 1. The maximum atomic E-state index is 10.4. The first-order valence-corrected chi connectivity index (χ1v) is 5.31. The second-order valence-corrected chi connectivity index (χ2v) is 4.22. The summed E-state index contributed by atoms with van der Waals surface area (Å²) in [6.07, 6.45) is 5.01. The van der Waals surface area contributed by atoms with Crippen LogP contribution in [0, 0.1) is 0 Å². The minimum atomic E-state index is -1.02. The van der Waals surface area contributed by atoms with Gasteiger partial charge in [0, 0.05) is 0 Å². The molecule has 0 spiro atoms. The quantitative estimate of drug-likeness (QED) is 0.559. The van der Waals surface area contributed by atoms with Gasteiger partial charge in [0.05, 0.1) is 6.54 Å². The molecule has 1 amide bonds. The minimum Gasteiger partial charge on any atom is -0.464 e. The molecule has 0 aromatic heterocycles. The molecule has 1 N–H and O–H groups in total. The molecular weight excluding hydrogens is 210 g/mol. The van der Waals surface area contributed by atoms with Gasteiger partial charge in [-0.1, -0.05) is 36.1 Å². The fourth-order valence-electron chi connectivity index (χ4n) is 1.01. The SMILES string of the molecule is CC(C)=CCC/C(C)=C/CN(S)C(=O)O. The van der Waals surface area contributed by atoms with Gasteiger partial charge in [0.15, 0.2) is 0 Å². The number of carboxylic acid groups (broad SMARTS) is 1. The van der Waals surface area contributed by atoms with E-state index in [0.717, 1.165) is 17.1 Å². The zero-order valence-electron chi connectivity index (χ0n) is 9.53. The number of hydrogen-bond acceptors (Lipinski definition) is 2. The van der Waals surface area contributed by atoms with Gasteiger partial charge in [-0.25, -0.2) is 4.79 Å². The highest BCUT2D eigenvalue weighted by Crippen LogP contribution is 2.07. The summed E-state index contributed by atoms with van der Waals surface area (Å²) in [5.74, 6) is 0. The van der Waals surface area contributed by atoms with E-state index >= 15 is 0 Å². The Morgan fingerprint density at radius 1 is 1.33 bits per heavy atom. The van der Waals surface area contributed by atoms with Crippen LogP contribution in [0.1, 0.15) is 33.6 Å². The van der Waals surface area contributed by atoms with Crippen molar-refractivity contribution in [1.29, 1.82) is 0 Å². The van der Waals surface area contributed by atoms with Crippen LogP contribution in [0.5, 0.6) is 0 Å². The molecule has 0 aromatic rings. The average molecular weight is 229 g/mol. The van der Waals surface area contributed by atoms with Crippen molar-refractivity contribution >= 4 is 18.9 Å². The standard InChI is InChI=1S/C11H19NO2S/c1-9(2)5-4-6-10(3)7-8-12(15)11(13)14/h5,7,15H,4,6,8H2,1-3H3,(H,13,14)/b10-7+. The van der Waals surface area contributed by atoms with Crippen molar-refractivity contribution in [2.24, 2.45) is 0 Å². The highest BCUT2D eigenvalue weighted by molar-refractivity contribution is 7.78. The number of nitrogens with zero attached hydrogens (tertiary/aromatic N) is 1. The molecule has 0 fully saturated rings. The van der Waals surface area contributed by atoms with E-state index in [1.807, 2.05) is 13.0 Å². The van der Waals surface area contributed by atoms with Gasteiger partial charge in [0.25, 0.3) is 0 Å². The third-order valence-electron chi connectivity index (χ3n) is 1.92. The fourth-order valence-corrected chi connectivity index (χ4v) is 1.09. The lowest BCUT2D eigenvalue weighted by Gasteiger charge is -2.08. The maximum absolute atomic E-state index is 10.4. The van der Waals surface area contributed by atoms with Crippen molar-refractivity contribution in [3.63, 3.8) is 0 Å². The van der Waals surface area contributed by atoms with Gasteiger partial charge in [0.2, 0.25) is 0 Å². The molecule has 0 bridgehead atoms. The third-order valence-corrected chi connectivity index (χ3v) is 2.26. The van der Waals surface area contributed by atoms with Gasteiger partial charge in [-0.05, 0) is 33.6 Å². The molecule has 0 aliphatic heterocycles. The monoisotopic (exact) mass is 229 g/mol. The van der Waals surface area contributed by atoms with E-state index in [0.29, 0.717) is 6.54 Å². The topological polar surface area (TPSA) is 40.5 Å². The Morgan fingerprint density at radius 3 is 2.40 bits per heavy atom. The number of allylic oxidation sites excluding steroid dienone is 3. The Bertz CT molecular complexity index is 268. The predicted molar refractivity (Wildman–Crippen MR) is 66.1 cm³/mol. The van der Waals surface area contributed by atoms with E-state index in [4.69, 9.17) is 5.11 Å². The molecule has 3 nitrogen and oxygen atoms in total. The van der Waals surface area contributed by atoms with Crippen LogP contribution in [-0.4, -0.2) is 22.0 Å². The molecule has 0 heterocycles. The predicted octanol–water partition coefficient (Wildman–Crippen LogP) is 3.50. The second-order valence-electron chi connectivity index (χ2n) is 3.74. The highest BCUT2D eigenvalue weighted by atomic mass is 32.1. The molecular formula is C11H19NO2S. The average Bonchev–Trinajstić information content (AvgIpc) is 2.13. The molecule has 0 atom stereocenters. The van der Waals surface area contributed by atoms with Gasteiger partial charge < -0.3 is 5.11 Å². The van der Waals surface area contributed by atoms with E-state index < -0.39 is 6.09 Å². The summed E-state index contributed by atoms with van der Waals surface area (Å²) in [5, 5.41) is 8.55. The molecule has 0 aromatic carbocycles. The van der Waals surface area contributed by atoms with Crippen molar-refractivity contribution < 1.29 is 9.90 Å². The molecule has 0 aliphatic carbocycles. The molecule has 4 heteroatoms. The summed E-state index contributed by atoms with van der Waals surface area (Å²) in [7, 11) is 0. The first-order chi connectivity index (χ1) is 6.93. The molecule has 0 saturated heterocycles. The smallest absolute Gasteiger partial charge is 0.417 e. The van der Waals surface area contributed by atoms with Crippen LogP contribution in [0.3, 0.4) is 0 Å². The van der Waals surface area contributed by atoms with E-state index in [-0.39, 0.29) is 0 Å². The van der Waals surface area contributed by atoms with Gasteiger partial charge in [-0.3, -0.25) is 4.31 Å². The summed E-state index contributed by atoms with van der Waals surface area (Å²) >= 11 is 3.80. The van der Waals surface area contributed by atoms with E-state index in [9.17, 15) is 4.79 Å². The maximum Gasteiger partial charge on any atom is 0.417 e.